The van der Waals surface area contributed by atoms with Gasteiger partial charge in [0.2, 0.25) is 0 Å². The summed E-state index contributed by atoms with van der Waals surface area (Å²) >= 11 is 1.64. The number of nitrogens with one attached hydrogen (secondary N) is 1. The maximum absolute atomic E-state index is 9.71. The van der Waals surface area contributed by atoms with Crippen molar-refractivity contribution in [3.8, 4) is 5.75 Å². The van der Waals surface area contributed by atoms with Gasteiger partial charge in [0.25, 0.3) is 0 Å². The average molecular weight is 273 g/mol. The summed E-state index contributed by atoms with van der Waals surface area (Å²) in [6.45, 7) is 3.40. The van der Waals surface area contributed by atoms with Crippen molar-refractivity contribution >= 4 is 16.3 Å². The monoisotopic (exact) mass is 273 g/mol. The number of benzene rings is 1. The zero-order valence-corrected chi connectivity index (χ0v) is 11.4. The van der Waals surface area contributed by atoms with Gasteiger partial charge in [0, 0.05) is 30.2 Å². The lowest BCUT2D eigenvalue weighted by molar-refractivity contribution is 0.464. The molecule has 0 saturated carbocycles. The maximum atomic E-state index is 9.71. The molecule has 0 amide bonds. The number of rotatable bonds is 4. The zero-order valence-electron chi connectivity index (χ0n) is 10.6. The summed E-state index contributed by atoms with van der Waals surface area (Å²) in [4.78, 5) is 5.53. The second kappa shape index (κ2) is 5.03. The largest absolute Gasteiger partial charge is 0.508 e. The number of nitrogens with zero attached hydrogens (tertiary/aromatic N) is 2. The minimum absolute atomic E-state index is 0.334. The van der Waals surface area contributed by atoms with Crippen molar-refractivity contribution in [2.24, 2.45) is 0 Å². The highest BCUT2D eigenvalue weighted by molar-refractivity contribution is 7.15. The number of thiazole rings is 1. The van der Waals surface area contributed by atoms with Crippen molar-refractivity contribution in [3.05, 3.63) is 52.8 Å². The molecule has 19 heavy (non-hydrogen) atoms. The van der Waals surface area contributed by atoms with Crippen LogP contribution < -0.4 is 5.32 Å². The van der Waals surface area contributed by atoms with E-state index in [4.69, 9.17) is 0 Å². The Kier molecular flexibility index (Phi) is 3.23. The fraction of sp³-hybridized carbons (Fsp3) is 0.214. The first-order valence-corrected chi connectivity index (χ1v) is 7.02. The number of hydrogen-bond donors (Lipinski definition) is 2. The number of hydrogen-bond acceptors (Lipinski definition) is 4. The molecule has 0 aliphatic rings. The van der Waals surface area contributed by atoms with Gasteiger partial charge in [-0.05, 0) is 13.0 Å². The highest BCUT2D eigenvalue weighted by Crippen LogP contribution is 2.18. The van der Waals surface area contributed by atoms with Crippen LogP contribution in [0.1, 0.15) is 17.0 Å². The minimum Gasteiger partial charge on any atom is -0.508 e. The first-order valence-electron chi connectivity index (χ1n) is 6.14. The van der Waals surface area contributed by atoms with Crippen LogP contribution in [0, 0.1) is 6.92 Å². The van der Waals surface area contributed by atoms with Gasteiger partial charge in [-0.3, -0.25) is 4.40 Å². The first kappa shape index (κ1) is 12.2. The molecule has 98 valence electrons. The number of aryl methyl sites for hydroxylation is 1. The summed E-state index contributed by atoms with van der Waals surface area (Å²) in [5, 5.41) is 15.1. The molecule has 0 atom stereocenters. The van der Waals surface area contributed by atoms with Gasteiger partial charge in [-0.1, -0.05) is 18.2 Å². The van der Waals surface area contributed by atoms with E-state index in [9.17, 15) is 5.11 Å². The van der Waals surface area contributed by atoms with Crippen LogP contribution in [-0.4, -0.2) is 14.5 Å². The average Bonchev–Trinajstić information content (AvgIpc) is 2.94. The van der Waals surface area contributed by atoms with E-state index in [-0.39, 0.29) is 0 Å². The van der Waals surface area contributed by atoms with Gasteiger partial charge in [0.15, 0.2) is 4.96 Å². The fourth-order valence-electron chi connectivity index (χ4n) is 2.13. The number of imidazole rings is 1. The third-order valence-corrected chi connectivity index (χ3v) is 3.92. The summed E-state index contributed by atoms with van der Waals surface area (Å²) in [5.74, 6) is 0.334. The van der Waals surface area contributed by atoms with E-state index in [1.165, 1.54) is 5.69 Å². The number of aromatic nitrogens is 2. The molecule has 0 saturated heterocycles. The van der Waals surface area contributed by atoms with Crippen LogP contribution in [0.15, 0.2) is 35.8 Å². The summed E-state index contributed by atoms with van der Waals surface area (Å²) in [5.41, 5.74) is 3.13. The molecule has 2 N–H and O–H groups in total. The second-order valence-electron chi connectivity index (χ2n) is 4.43. The first-order chi connectivity index (χ1) is 9.25. The maximum Gasteiger partial charge on any atom is 0.194 e. The second-order valence-corrected chi connectivity index (χ2v) is 5.30. The van der Waals surface area contributed by atoms with Crippen LogP contribution in [0.2, 0.25) is 0 Å². The van der Waals surface area contributed by atoms with Gasteiger partial charge in [0.05, 0.1) is 11.4 Å². The topological polar surface area (TPSA) is 49.6 Å². The Morgan fingerprint density at radius 2 is 2.16 bits per heavy atom. The van der Waals surface area contributed by atoms with Crippen molar-refractivity contribution in [2.75, 3.05) is 0 Å². The van der Waals surface area contributed by atoms with Crippen LogP contribution in [0.3, 0.4) is 0 Å². The zero-order chi connectivity index (χ0) is 13.2. The third-order valence-electron chi connectivity index (χ3n) is 3.16. The normalized spacial score (nSPS) is 11.2. The number of aromatic hydroxyl groups is 1. The van der Waals surface area contributed by atoms with Crippen LogP contribution >= 0.6 is 11.3 Å². The van der Waals surface area contributed by atoms with Crippen molar-refractivity contribution in [3.63, 3.8) is 0 Å². The Morgan fingerprint density at radius 3 is 3.00 bits per heavy atom. The minimum atomic E-state index is 0.334. The van der Waals surface area contributed by atoms with Gasteiger partial charge in [0.1, 0.15) is 5.75 Å². The van der Waals surface area contributed by atoms with E-state index >= 15 is 0 Å². The third kappa shape index (κ3) is 2.34. The van der Waals surface area contributed by atoms with Gasteiger partial charge >= 0.3 is 0 Å². The van der Waals surface area contributed by atoms with E-state index in [1.807, 2.05) is 36.7 Å². The Morgan fingerprint density at radius 1 is 1.32 bits per heavy atom. The van der Waals surface area contributed by atoms with Crippen LogP contribution in [0.5, 0.6) is 5.75 Å². The highest BCUT2D eigenvalue weighted by Gasteiger charge is 2.09. The lowest BCUT2D eigenvalue weighted by Gasteiger charge is -2.06. The van der Waals surface area contributed by atoms with Gasteiger partial charge < -0.3 is 10.4 Å². The van der Waals surface area contributed by atoms with Crippen molar-refractivity contribution < 1.29 is 5.11 Å². The van der Waals surface area contributed by atoms with E-state index in [0.717, 1.165) is 22.8 Å². The van der Waals surface area contributed by atoms with Crippen molar-refractivity contribution in [1.29, 1.82) is 0 Å². The molecule has 0 aliphatic carbocycles. The molecule has 0 spiro atoms. The van der Waals surface area contributed by atoms with E-state index < -0.39 is 0 Å². The molecule has 0 aliphatic heterocycles. The highest BCUT2D eigenvalue weighted by atomic mass is 32.1. The lowest BCUT2D eigenvalue weighted by atomic mass is 10.2. The number of phenols is 1. The SMILES string of the molecule is Cc1nc2sccn2c1CNCc1ccccc1O. The quantitative estimate of drug-likeness (QED) is 0.768. The number of phenolic OH excluding ortho intramolecular Hbond substituents is 1. The molecule has 0 unspecified atom stereocenters. The molecule has 0 radical (unpaired) electrons. The van der Waals surface area contributed by atoms with Gasteiger partial charge in [-0.2, -0.15) is 0 Å². The summed E-state index contributed by atoms with van der Waals surface area (Å²) < 4.78 is 2.11. The Bertz CT molecular complexity index is 702. The van der Waals surface area contributed by atoms with Gasteiger partial charge in [-0.15, -0.1) is 11.3 Å². The smallest absolute Gasteiger partial charge is 0.194 e. The number of para-hydroxylation sites is 1. The molecule has 3 rings (SSSR count). The molecule has 1 aromatic carbocycles. The molecule has 0 bridgehead atoms. The van der Waals surface area contributed by atoms with E-state index in [2.05, 4.69) is 14.7 Å². The predicted octanol–water partition coefficient (Wildman–Crippen LogP) is 2.70. The van der Waals surface area contributed by atoms with E-state index in [0.29, 0.717) is 12.3 Å². The van der Waals surface area contributed by atoms with Crippen molar-refractivity contribution in [1.82, 2.24) is 14.7 Å². The van der Waals surface area contributed by atoms with Crippen molar-refractivity contribution in [2.45, 2.75) is 20.0 Å². The lowest BCUT2D eigenvalue weighted by Crippen LogP contribution is -2.14. The molecule has 0 fully saturated rings. The Labute approximate surface area is 115 Å². The predicted molar refractivity (Wildman–Crippen MR) is 76.5 cm³/mol. The molecular weight excluding hydrogens is 258 g/mol. The molecule has 4 nitrogen and oxygen atoms in total. The molecular formula is C14H15N3OS. The standard InChI is InChI=1S/C14H15N3OS/c1-10-12(17-6-7-19-14(17)16-10)9-15-8-11-4-2-3-5-13(11)18/h2-7,15,18H,8-9H2,1H3. The molecule has 3 aromatic rings. The molecule has 2 aromatic heterocycles. The Balaban J connectivity index is 1.71. The molecule has 5 heteroatoms. The number of fused-ring (bicyclic) bond motifs is 1. The van der Waals surface area contributed by atoms with Crippen LogP contribution in [0.4, 0.5) is 0 Å². The summed E-state index contributed by atoms with van der Waals surface area (Å²) in [6, 6.07) is 7.39. The van der Waals surface area contributed by atoms with Crippen LogP contribution in [-0.2, 0) is 13.1 Å². The van der Waals surface area contributed by atoms with E-state index in [1.54, 1.807) is 17.4 Å². The Hall–Kier alpha value is -1.85. The van der Waals surface area contributed by atoms with Gasteiger partial charge in [-0.25, -0.2) is 4.98 Å². The molecule has 2 heterocycles. The fourth-order valence-corrected chi connectivity index (χ4v) is 2.91. The summed E-state index contributed by atoms with van der Waals surface area (Å²) in [6.07, 6.45) is 2.04. The van der Waals surface area contributed by atoms with Crippen LogP contribution in [0.25, 0.3) is 4.96 Å². The summed E-state index contributed by atoms with van der Waals surface area (Å²) in [7, 11) is 0.